The summed E-state index contributed by atoms with van der Waals surface area (Å²) in [5, 5.41) is 31.2. The summed E-state index contributed by atoms with van der Waals surface area (Å²) < 4.78 is 5.74. The number of rotatable bonds is 10. The maximum Gasteiger partial charge on any atom is 0.236 e. The highest BCUT2D eigenvalue weighted by Gasteiger charge is 2.41. The van der Waals surface area contributed by atoms with Gasteiger partial charge in [0.2, 0.25) is 10.9 Å². The first-order valence-electron chi connectivity index (χ1n) is 14.5. The van der Waals surface area contributed by atoms with Crippen molar-refractivity contribution in [3.63, 3.8) is 0 Å². The van der Waals surface area contributed by atoms with E-state index in [2.05, 4.69) is 23.0 Å². The molecule has 6 N–H and O–H groups in total. The third kappa shape index (κ3) is 9.29. The number of nitrogens with two attached hydrogens (primary N) is 1. The molecule has 0 fully saturated rings. The molecule has 0 spiro atoms. The van der Waals surface area contributed by atoms with Crippen molar-refractivity contribution < 1.29 is 25.1 Å². The van der Waals surface area contributed by atoms with Gasteiger partial charge in [0.25, 0.3) is 0 Å². The van der Waals surface area contributed by atoms with Crippen LogP contribution in [0.1, 0.15) is 59.9 Å². The van der Waals surface area contributed by atoms with Crippen LogP contribution in [-0.4, -0.2) is 93.1 Å². The van der Waals surface area contributed by atoms with Gasteiger partial charge in [-0.15, -0.1) is 0 Å². The van der Waals surface area contributed by atoms with Crippen LogP contribution in [0.5, 0.6) is 0 Å². The van der Waals surface area contributed by atoms with Crippen molar-refractivity contribution >= 4 is 39.9 Å². The van der Waals surface area contributed by atoms with Crippen LogP contribution < -0.4 is 16.1 Å². The number of amidine groups is 1. The number of benzene rings is 1. The Morgan fingerprint density at radius 3 is 2.43 bits per heavy atom. The monoisotopic (exact) mass is 602 g/mol. The molecule has 0 radical (unpaired) electrons. The SMILES string of the molecule is CCC1C[NH2+]C(C)(NN=C2C=C(OC)C(=Nc3ccc(C)cc3)CC2(C)NC(C)=O)SC(N(CC(C)O)CC(C)O)=N1. The summed E-state index contributed by atoms with van der Waals surface area (Å²) in [5.41, 5.74) is 5.78. The number of hydrogen-bond donors (Lipinski definition) is 5. The minimum atomic E-state index is -0.844. The van der Waals surface area contributed by atoms with Crippen LogP contribution >= 0.6 is 11.8 Å². The molecule has 1 aliphatic heterocycles. The van der Waals surface area contributed by atoms with Crippen molar-refractivity contribution in [2.45, 2.75) is 90.1 Å². The quantitative estimate of drug-likeness (QED) is 0.258. The zero-order valence-corrected chi connectivity index (χ0v) is 27.0. The van der Waals surface area contributed by atoms with Crippen molar-refractivity contribution in [3.8, 4) is 0 Å². The highest BCUT2D eigenvalue weighted by molar-refractivity contribution is 8.14. The van der Waals surface area contributed by atoms with E-state index in [9.17, 15) is 15.0 Å². The first kappa shape index (κ1) is 33.6. The second-order valence-electron chi connectivity index (χ2n) is 11.6. The van der Waals surface area contributed by atoms with Gasteiger partial charge in [-0.05, 0) is 46.2 Å². The fourth-order valence-corrected chi connectivity index (χ4v) is 6.05. The Morgan fingerprint density at radius 1 is 1.24 bits per heavy atom. The second-order valence-corrected chi connectivity index (χ2v) is 13.0. The molecule has 11 nitrogen and oxygen atoms in total. The Kier molecular flexibility index (Phi) is 11.6. The Labute approximate surface area is 254 Å². The van der Waals surface area contributed by atoms with Crippen LogP contribution in [0.4, 0.5) is 5.69 Å². The number of quaternary nitrogens is 1. The molecule has 232 valence electrons. The lowest BCUT2D eigenvalue weighted by molar-refractivity contribution is -0.705. The fourth-order valence-electron chi connectivity index (χ4n) is 4.92. The van der Waals surface area contributed by atoms with Gasteiger partial charge in [0.05, 0.1) is 42.0 Å². The van der Waals surface area contributed by atoms with Crippen LogP contribution in [0.2, 0.25) is 0 Å². The summed E-state index contributed by atoms with van der Waals surface area (Å²) in [6.07, 6.45) is 1.88. The number of nitrogens with zero attached hydrogens (tertiary/aromatic N) is 4. The minimum absolute atomic E-state index is 0.0640. The maximum absolute atomic E-state index is 12.3. The topological polar surface area (TPSA) is 148 Å². The first-order valence-corrected chi connectivity index (χ1v) is 15.3. The second kappa shape index (κ2) is 14.5. The first-order chi connectivity index (χ1) is 19.8. The summed E-state index contributed by atoms with van der Waals surface area (Å²) >= 11 is 1.50. The highest BCUT2D eigenvalue weighted by atomic mass is 32.2. The molecule has 1 aliphatic carbocycles. The van der Waals surface area contributed by atoms with Crippen molar-refractivity contribution in [1.82, 2.24) is 15.6 Å². The smallest absolute Gasteiger partial charge is 0.236 e. The van der Waals surface area contributed by atoms with E-state index in [-0.39, 0.29) is 11.9 Å². The molecule has 2 aliphatic rings. The van der Waals surface area contributed by atoms with E-state index in [1.165, 1.54) is 18.7 Å². The molecular weight excluding hydrogens is 554 g/mol. The van der Waals surface area contributed by atoms with Gasteiger partial charge in [0.1, 0.15) is 18.3 Å². The maximum atomic E-state index is 12.3. The van der Waals surface area contributed by atoms with Gasteiger partial charge in [-0.25, -0.2) is 10.4 Å². The van der Waals surface area contributed by atoms with Crippen molar-refractivity contribution in [2.24, 2.45) is 15.1 Å². The van der Waals surface area contributed by atoms with Gasteiger partial charge in [-0.2, -0.15) is 5.10 Å². The van der Waals surface area contributed by atoms with E-state index in [1.807, 2.05) is 56.0 Å². The van der Waals surface area contributed by atoms with E-state index in [4.69, 9.17) is 19.8 Å². The zero-order valence-electron chi connectivity index (χ0n) is 26.1. The van der Waals surface area contributed by atoms with E-state index in [0.717, 1.165) is 29.4 Å². The van der Waals surface area contributed by atoms with Crippen LogP contribution in [0, 0.1) is 6.92 Å². The minimum Gasteiger partial charge on any atom is -0.495 e. The Balaban J connectivity index is 1.98. The number of hydrogen-bond acceptors (Lipinski definition) is 10. The molecule has 0 saturated heterocycles. The number of aliphatic hydroxyl groups is 2. The van der Waals surface area contributed by atoms with Gasteiger partial charge >= 0.3 is 0 Å². The average molecular weight is 603 g/mol. The van der Waals surface area contributed by atoms with E-state index >= 15 is 0 Å². The highest BCUT2D eigenvalue weighted by Crippen LogP contribution is 2.29. The number of allylic oxidation sites excluding steroid dienone is 1. The van der Waals surface area contributed by atoms with Crippen molar-refractivity contribution in [2.75, 3.05) is 26.7 Å². The van der Waals surface area contributed by atoms with Crippen molar-refractivity contribution in [3.05, 3.63) is 41.7 Å². The Bertz CT molecular complexity index is 1200. The number of aliphatic hydroxyl groups excluding tert-OH is 2. The molecule has 0 saturated carbocycles. The summed E-state index contributed by atoms with van der Waals surface area (Å²) in [7, 11) is 1.60. The summed E-state index contributed by atoms with van der Waals surface area (Å²) in [4.78, 5) is 23.5. The number of hydrazone groups is 1. The normalized spacial score (nSPS) is 27.9. The zero-order chi connectivity index (χ0) is 31.1. The van der Waals surface area contributed by atoms with Gasteiger partial charge in [-0.3, -0.25) is 9.79 Å². The molecule has 0 aromatic heterocycles. The third-order valence-corrected chi connectivity index (χ3v) is 8.32. The van der Waals surface area contributed by atoms with Gasteiger partial charge < -0.3 is 30.5 Å². The predicted octanol–water partition coefficient (Wildman–Crippen LogP) is 2.02. The number of amides is 1. The summed E-state index contributed by atoms with van der Waals surface area (Å²) in [6.45, 7) is 14.5. The lowest BCUT2D eigenvalue weighted by atomic mass is 9.83. The number of carbonyl (C=O) groups excluding carboxylic acids is 1. The standard InChI is InChI=1S/C30H47N7O4S/c1-9-23-16-31-30(7,42-28(33-23)37(17-20(3)38)18-21(4)39)36-35-27-14-26(41-8)25(15-29(27,6)34-22(5)40)32-24-12-10-19(2)11-13-24/h10-14,20-21,23,31,36,38-39H,9,15-18H2,1-8H3,(H,34,40)/p+1. The van der Waals surface area contributed by atoms with Gasteiger partial charge in [0, 0.05) is 51.2 Å². The number of ether oxygens (including phenoxy) is 1. The van der Waals surface area contributed by atoms with E-state index < -0.39 is 22.7 Å². The number of aliphatic imine (C=N–C) groups is 2. The van der Waals surface area contributed by atoms with Crippen molar-refractivity contribution in [1.29, 1.82) is 0 Å². The number of aryl methyl sites for hydroxylation is 1. The Morgan fingerprint density at radius 2 is 1.88 bits per heavy atom. The molecule has 12 heteroatoms. The molecule has 1 heterocycles. The largest absolute Gasteiger partial charge is 0.495 e. The number of thioether (sulfide) groups is 1. The molecule has 3 rings (SSSR count). The van der Waals surface area contributed by atoms with Crippen LogP contribution in [0.25, 0.3) is 0 Å². The lowest BCUT2D eigenvalue weighted by Gasteiger charge is -2.36. The van der Waals surface area contributed by atoms with Gasteiger partial charge in [0.15, 0.2) is 5.17 Å². The average Bonchev–Trinajstić information content (AvgIpc) is 3.07. The van der Waals surface area contributed by atoms with E-state index in [0.29, 0.717) is 36.7 Å². The van der Waals surface area contributed by atoms with E-state index in [1.54, 1.807) is 21.0 Å². The third-order valence-electron chi connectivity index (χ3n) is 7.09. The fraction of sp³-hybridized carbons (Fsp3) is 0.600. The van der Waals surface area contributed by atoms with Gasteiger partial charge in [-0.1, -0.05) is 24.6 Å². The molecule has 5 unspecified atom stereocenters. The van der Waals surface area contributed by atoms with Crippen LogP contribution in [0.15, 0.2) is 51.2 Å². The number of carbonyl (C=O) groups is 1. The lowest BCUT2D eigenvalue weighted by Crippen LogP contribution is -2.99. The van der Waals surface area contributed by atoms with Crippen LogP contribution in [0.3, 0.4) is 0 Å². The molecular formula is C30H48N7O4S+. The molecule has 1 aromatic rings. The van der Waals surface area contributed by atoms with Crippen LogP contribution in [-0.2, 0) is 9.53 Å². The molecule has 42 heavy (non-hydrogen) atoms. The summed E-state index contributed by atoms with van der Waals surface area (Å²) in [5.74, 6) is 0.401. The number of nitrogens with one attached hydrogen (secondary N) is 2. The number of methoxy groups -OCH3 is 1. The molecule has 5 atom stereocenters. The molecule has 0 bridgehead atoms. The Hall–Kier alpha value is -2.93. The predicted molar refractivity (Wildman–Crippen MR) is 170 cm³/mol. The molecule has 1 aromatic carbocycles. The summed E-state index contributed by atoms with van der Waals surface area (Å²) in [6, 6.07) is 7.99. The molecule has 1 amide bonds.